The zero-order valence-electron chi connectivity index (χ0n) is 11.5. The fourth-order valence-corrected chi connectivity index (χ4v) is 2.94. The number of aliphatic carboxylic acids is 1. The number of hydrogen-bond donors (Lipinski definition) is 1. The minimum absolute atomic E-state index is 0.122. The molecule has 0 aliphatic carbocycles. The molecule has 0 aromatic carbocycles. The van der Waals surface area contributed by atoms with Crippen molar-refractivity contribution in [2.24, 2.45) is 5.41 Å². The molecule has 2 fully saturated rings. The van der Waals surface area contributed by atoms with Crippen molar-refractivity contribution in [1.82, 2.24) is 4.90 Å². The first-order valence-corrected chi connectivity index (χ1v) is 7.13. The molecule has 2 rings (SSSR count). The number of carboxylic acid groups (broad SMARTS) is 1. The van der Waals surface area contributed by atoms with E-state index in [1.807, 2.05) is 0 Å². The van der Waals surface area contributed by atoms with Gasteiger partial charge in [0.1, 0.15) is 0 Å². The van der Waals surface area contributed by atoms with Crippen LogP contribution in [0, 0.1) is 5.41 Å². The summed E-state index contributed by atoms with van der Waals surface area (Å²) in [6.07, 6.45) is 4.86. The maximum atomic E-state index is 10.8. The van der Waals surface area contributed by atoms with Crippen LogP contribution in [0.1, 0.15) is 46.0 Å². The Balaban J connectivity index is 1.74. The van der Waals surface area contributed by atoms with Crippen molar-refractivity contribution in [3.8, 4) is 0 Å². The highest BCUT2D eigenvalue weighted by Crippen LogP contribution is 2.34. The second-order valence-corrected chi connectivity index (χ2v) is 6.13. The first kappa shape index (κ1) is 13.8. The smallest absolute Gasteiger partial charge is 0.332 e. The minimum atomic E-state index is -0.810. The average molecular weight is 255 g/mol. The highest BCUT2D eigenvalue weighted by atomic mass is 16.5. The summed E-state index contributed by atoms with van der Waals surface area (Å²) in [7, 11) is 0. The maximum absolute atomic E-state index is 10.8. The van der Waals surface area contributed by atoms with Gasteiger partial charge in [-0.3, -0.25) is 0 Å². The van der Waals surface area contributed by atoms with E-state index in [4.69, 9.17) is 9.84 Å². The van der Waals surface area contributed by atoms with Crippen molar-refractivity contribution in [1.29, 1.82) is 0 Å². The first-order valence-electron chi connectivity index (χ1n) is 7.13. The molecule has 0 spiro atoms. The molecule has 104 valence electrons. The Bertz CT molecular complexity index is 297. The summed E-state index contributed by atoms with van der Waals surface area (Å²) in [4.78, 5) is 13.3. The van der Waals surface area contributed by atoms with Crippen LogP contribution in [0.4, 0.5) is 0 Å². The van der Waals surface area contributed by atoms with E-state index < -0.39 is 12.1 Å². The number of rotatable bonds is 4. The van der Waals surface area contributed by atoms with E-state index in [0.29, 0.717) is 11.8 Å². The SMILES string of the molecule is CCC1(C)CCN(CC2CCC(C(=O)O)O2)CC1. The zero-order chi connectivity index (χ0) is 13.2. The van der Waals surface area contributed by atoms with Crippen LogP contribution >= 0.6 is 0 Å². The van der Waals surface area contributed by atoms with Gasteiger partial charge in [-0.15, -0.1) is 0 Å². The van der Waals surface area contributed by atoms with Crippen LogP contribution in [-0.2, 0) is 9.53 Å². The second-order valence-electron chi connectivity index (χ2n) is 6.13. The Morgan fingerprint density at radius 1 is 1.39 bits per heavy atom. The highest BCUT2D eigenvalue weighted by molar-refractivity contribution is 5.72. The van der Waals surface area contributed by atoms with Gasteiger partial charge in [-0.2, -0.15) is 0 Å². The van der Waals surface area contributed by atoms with E-state index in [1.165, 1.54) is 19.3 Å². The Morgan fingerprint density at radius 3 is 2.56 bits per heavy atom. The molecule has 0 saturated carbocycles. The Morgan fingerprint density at radius 2 is 2.06 bits per heavy atom. The number of carbonyl (C=O) groups is 1. The molecule has 2 unspecified atom stereocenters. The molecule has 2 atom stereocenters. The summed E-state index contributed by atoms with van der Waals surface area (Å²) in [6, 6.07) is 0. The van der Waals surface area contributed by atoms with Crippen molar-refractivity contribution in [2.75, 3.05) is 19.6 Å². The third-order valence-corrected chi connectivity index (χ3v) is 4.76. The van der Waals surface area contributed by atoms with Gasteiger partial charge in [-0.1, -0.05) is 20.3 Å². The molecule has 0 aromatic heterocycles. The van der Waals surface area contributed by atoms with Gasteiger partial charge in [0.05, 0.1) is 6.10 Å². The molecular formula is C14H25NO3. The van der Waals surface area contributed by atoms with E-state index in [1.54, 1.807) is 0 Å². The summed E-state index contributed by atoms with van der Waals surface area (Å²) < 4.78 is 5.56. The van der Waals surface area contributed by atoms with Crippen molar-refractivity contribution in [3.05, 3.63) is 0 Å². The molecule has 0 aromatic rings. The lowest BCUT2D eigenvalue weighted by atomic mass is 9.78. The van der Waals surface area contributed by atoms with Crippen LogP contribution in [0.2, 0.25) is 0 Å². The Hall–Kier alpha value is -0.610. The molecule has 2 aliphatic heterocycles. The quantitative estimate of drug-likeness (QED) is 0.836. The molecule has 4 nitrogen and oxygen atoms in total. The van der Waals surface area contributed by atoms with Gasteiger partial charge in [0.2, 0.25) is 0 Å². The predicted molar refractivity (Wildman–Crippen MR) is 69.6 cm³/mol. The molecular weight excluding hydrogens is 230 g/mol. The topological polar surface area (TPSA) is 49.8 Å². The van der Waals surface area contributed by atoms with Crippen molar-refractivity contribution in [3.63, 3.8) is 0 Å². The van der Waals surface area contributed by atoms with E-state index in [2.05, 4.69) is 18.7 Å². The molecule has 4 heteroatoms. The molecule has 1 N–H and O–H groups in total. The number of likely N-dealkylation sites (tertiary alicyclic amines) is 1. The summed E-state index contributed by atoms with van der Waals surface area (Å²) in [5.74, 6) is -0.810. The third-order valence-electron chi connectivity index (χ3n) is 4.76. The molecule has 0 radical (unpaired) electrons. The normalized spacial score (nSPS) is 32.6. The van der Waals surface area contributed by atoms with E-state index in [0.717, 1.165) is 26.1 Å². The van der Waals surface area contributed by atoms with Gasteiger partial charge in [-0.25, -0.2) is 4.79 Å². The van der Waals surface area contributed by atoms with Crippen LogP contribution in [-0.4, -0.2) is 47.8 Å². The second kappa shape index (κ2) is 5.57. The number of hydrogen-bond acceptors (Lipinski definition) is 3. The average Bonchev–Trinajstić information content (AvgIpc) is 2.81. The van der Waals surface area contributed by atoms with Crippen molar-refractivity contribution < 1.29 is 14.6 Å². The standard InChI is InChI=1S/C14H25NO3/c1-3-14(2)6-8-15(9-7-14)10-11-4-5-12(18-11)13(16)17/h11-12H,3-10H2,1-2H3,(H,16,17). The lowest BCUT2D eigenvalue weighted by Gasteiger charge is -2.39. The van der Waals surface area contributed by atoms with E-state index >= 15 is 0 Å². The molecule has 2 saturated heterocycles. The van der Waals surface area contributed by atoms with Gasteiger partial charge in [0, 0.05) is 6.54 Å². The van der Waals surface area contributed by atoms with Gasteiger partial charge in [0.25, 0.3) is 0 Å². The number of carboxylic acids is 1. The fraction of sp³-hybridized carbons (Fsp3) is 0.929. The van der Waals surface area contributed by atoms with E-state index in [-0.39, 0.29) is 6.10 Å². The van der Waals surface area contributed by atoms with Gasteiger partial charge < -0.3 is 14.7 Å². The minimum Gasteiger partial charge on any atom is -0.479 e. The number of ether oxygens (including phenoxy) is 1. The number of nitrogens with zero attached hydrogens (tertiary/aromatic N) is 1. The third kappa shape index (κ3) is 3.23. The van der Waals surface area contributed by atoms with E-state index in [9.17, 15) is 4.79 Å². The van der Waals surface area contributed by atoms with Gasteiger partial charge in [0.15, 0.2) is 6.10 Å². The summed E-state index contributed by atoms with van der Waals surface area (Å²) in [6.45, 7) is 7.80. The lowest BCUT2D eigenvalue weighted by Crippen LogP contribution is -2.42. The Kier molecular flexibility index (Phi) is 4.28. The molecule has 18 heavy (non-hydrogen) atoms. The summed E-state index contributed by atoms with van der Waals surface area (Å²) >= 11 is 0. The summed E-state index contributed by atoms with van der Waals surface area (Å²) in [5, 5.41) is 8.90. The molecule has 0 bridgehead atoms. The molecule has 0 amide bonds. The number of piperidine rings is 1. The highest BCUT2D eigenvalue weighted by Gasteiger charge is 2.34. The molecule has 2 aliphatic rings. The first-order chi connectivity index (χ1) is 8.52. The van der Waals surface area contributed by atoms with Crippen molar-refractivity contribution in [2.45, 2.75) is 58.2 Å². The lowest BCUT2D eigenvalue weighted by molar-refractivity contribution is -0.149. The van der Waals surface area contributed by atoms with Crippen LogP contribution in [0.3, 0.4) is 0 Å². The van der Waals surface area contributed by atoms with Crippen molar-refractivity contribution >= 4 is 5.97 Å². The fourth-order valence-electron chi connectivity index (χ4n) is 2.94. The van der Waals surface area contributed by atoms with Crippen LogP contribution in [0.25, 0.3) is 0 Å². The van der Waals surface area contributed by atoms with Gasteiger partial charge >= 0.3 is 5.97 Å². The van der Waals surface area contributed by atoms with Crippen LogP contribution in [0.5, 0.6) is 0 Å². The van der Waals surface area contributed by atoms with Crippen LogP contribution < -0.4 is 0 Å². The van der Waals surface area contributed by atoms with Gasteiger partial charge in [-0.05, 0) is 44.2 Å². The monoisotopic (exact) mass is 255 g/mol. The van der Waals surface area contributed by atoms with Crippen LogP contribution in [0.15, 0.2) is 0 Å². The summed E-state index contributed by atoms with van der Waals surface area (Å²) in [5.41, 5.74) is 0.511. The predicted octanol–water partition coefficient (Wildman–Crippen LogP) is 2.13. The zero-order valence-corrected chi connectivity index (χ0v) is 11.5. The largest absolute Gasteiger partial charge is 0.479 e. The molecule has 2 heterocycles. The Labute approximate surface area is 109 Å². The maximum Gasteiger partial charge on any atom is 0.332 e.